The molecule has 1 aliphatic heterocycles. The first kappa shape index (κ1) is 19.2. The van der Waals surface area contributed by atoms with Gasteiger partial charge in [-0.2, -0.15) is 4.31 Å². The molecule has 1 aromatic carbocycles. The second kappa shape index (κ2) is 8.00. The average Bonchev–Trinajstić information content (AvgIpc) is 3.18. The molecule has 0 spiro atoms. The topological polar surface area (TPSA) is 57.7 Å². The highest BCUT2D eigenvalue weighted by Crippen LogP contribution is 2.22. The Morgan fingerprint density at radius 2 is 1.73 bits per heavy atom. The zero-order chi connectivity index (χ0) is 18.7. The van der Waals surface area contributed by atoms with Crippen LogP contribution < -0.4 is 0 Å². The predicted octanol–water partition coefficient (Wildman–Crippen LogP) is 3.06. The highest BCUT2D eigenvalue weighted by molar-refractivity contribution is 7.91. The monoisotopic (exact) mass is 392 g/mol. The third kappa shape index (κ3) is 4.23. The summed E-state index contributed by atoms with van der Waals surface area (Å²) >= 11 is 1.24. The summed E-state index contributed by atoms with van der Waals surface area (Å²) in [6.45, 7) is 6.55. The van der Waals surface area contributed by atoms with Crippen molar-refractivity contribution in [2.45, 2.75) is 24.0 Å². The number of hydrogen-bond acceptors (Lipinski definition) is 5. The van der Waals surface area contributed by atoms with Gasteiger partial charge in [0, 0.05) is 31.7 Å². The Bertz CT molecular complexity index is 835. The van der Waals surface area contributed by atoms with Gasteiger partial charge in [-0.15, -0.1) is 11.3 Å². The van der Waals surface area contributed by atoms with Gasteiger partial charge >= 0.3 is 0 Å². The van der Waals surface area contributed by atoms with Crippen LogP contribution in [0.4, 0.5) is 0 Å². The van der Waals surface area contributed by atoms with Crippen LogP contribution in [0.25, 0.3) is 0 Å². The fourth-order valence-corrected chi connectivity index (χ4v) is 5.58. The number of thiophene rings is 1. The van der Waals surface area contributed by atoms with Crippen molar-refractivity contribution in [2.75, 3.05) is 32.7 Å². The third-order valence-electron chi connectivity index (χ3n) is 4.69. The number of ketones is 1. The summed E-state index contributed by atoms with van der Waals surface area (Å²) in [5, 5.41) is 1.77. The van der Waals surface area contributed by atoms with E-state index in [0.29, 0.717) is 48.4 Å². The van der Waals surface area contributed by atoms with Crippen LogP contribution in [0.5, 0.6) is 0 Å². The average molecular weight is 393 g/mol. The lowest BCUT2D eigenvalue weighted by molar-refractivity contribution is 0.0902. The first-order valence-electron chi connectivity index (χ1n) is 8.77. The molecule has 3 rings (SSSR count). The molecule has 7 heteroatoms. The molecule has 2 heterocycles. The Kier molecular flexibility index (Phi) is 5.92. The SMILES string of the molecule is CC(C)c1ccc(C(=O)CN2CCN(S(=O)(=O)c3cccs3)CC2)cc1. The normalized spacial score (nSPS) is 16.9. The molecule has 0 unspecified atom stereocenters. The van der Waals surface area contributed by atoms with Gasteiger partial charge < -0.3 is 0 Å². The van der Waals surface area contributed by atoms with Gasteiger partial charge in [0.25, 0.3) is 10.0 Å². The van der Waals surface area contributed by atoms with Gasteiger partial charge in [-0.05, 0) is 22.9 Å². The fourth-order valence-electron chi connectivity index (χ4n) is 3.01. The molecule has 0 bridgehead atoms. The number of hydrogen-bond donors (Lipinski definition) is 0. The molecule has 1 saturated heterocycles. The van der Waals surface area contributed by atoms with Crippen molar-refractivity contribution in [3.63, 3.8) is 0 Å². The van der Waals surface area contributed by atoms with Crippen molar-refractivity contribution in [2.24, 2.45) is 0 Å². The van der Waals surface area contributed by atoms with E-state index < -0.39 is 10.0 Å². The van der Waals surface area contributed by atoms with Crippen LogP contribution in [-0.4, -0.2) is 56.1 Å². The number of carbonyl (C=O) groups excluding carboxylic acids is 1. The molecule has 0 N–H and O–H groups in total. The molecule has 1 aliphatic rings. The minimum absolute atomic E-state index is 0.0786. The largest absolute Gasteiger partial charge is 0.293 e. The number of carbonyl (C=O) groups is 1. The molecular formula is C19H24N2O3S2. The van der Waals surface area contributed by atoms with Crippen molar-refractivity contribution >= 4 is 27.1 Å². The number of benzene rings is 1. The fraction of sp³-hybridized carbons (Fsp3) is 0.421. The maximum absolute atomic E-state index is 12.5. The molecule has 140 valence electrons. The van der Waals surface area contributed by atoms with Crippen LogP contribution in [0.3, 0.4) is 0 Å². The number of sulfonamides is 1. The van der Waals surface area contributed by atoms with E-state index in [1.165, 1.54) is 21.2 Å². The van der Waals surface area contributed by atoms with Crippen molar-refractivity contribution in [3.8, 4) is 0 Å². The van der Waals surface area contributed by atoms with E-state index in [-0.39, 0.29) is 5.78 Å². The van der Waals surface area contributed by atoms with Gasteiger partial charge in [-0.25, -0.2) is 8.42 Å². The van der Waals surface area contributed by atoms with Gasteiger partial charge in [-0.1, -0.05) is 44.2 Å². The molecule has 2 aromatic rings. The smallest absolute Gasteiger partial charge is 0.252 e. The van der Waals surface area contributed by atoms with E-state index in [9.17, 15) is 13.2 Å². The van der Waals surface area contributed by atoms with Gasteiger partial charge in [0.2, 0.25) is 0 Å². The number of rotatable bonds is 6. The summed E-state index contributed by atoms with van der Waals surface area (Å²) in [6.07, 6.45) is 0. The molecule has 0 saturated carbocycles. The van der Waals surface area contributed by atoms with Crippen molar-refractivity contribution in [1.29, 1.82) is 0 Å². The van der Waals surface area contributed by atoms with Gasteiger partial charge in [-0.3, -0.25) is 9.69 Å². The standard InChI is InChI=1S/C19H24N2O3S2/c1-15(2)16-5-7-17(8-6-16)18(22)14-20-9-11-21(12-10-20)26(23,24)19-4-3-13-25-19/h3-8,13,15H,9-12,14H2,1-2H3. The van der Waals surface area contributed by atoms with Crippen LogP contribution >= 0.6 is 11.3 Å². The highest BCUT2D eigenvalue weighted by Gasteiger charge is 2.29. The first-order valence-corrected chi connectivity index (χ1v) is 11.1. The summed E-state index contributed by atoms with van der Waals surface area (Å²) in [7, 11) is -3.40. The Balaban J connectivity index is 1.56. The molecule has 0 aliphatic carbocycles. The van der Waals surface area contributed by atoms with E-state index >= 15 is 0 Å². The van der Waals surface area contributed by atoms with Crippen LogP contribution in [0.15, 0.2) is 46.0 Å². The lowest BCUT2D eigenvalue weighted by Gasteiger charge is -2.33. The van der Waals surface area contributed by atoms with E-state index in [2.05, 4.69) is 13.8 Å². The maximum Gasteiger partial charge on any atom is 0.252 e. The second-order valence-corrected chi connectivity index (χ2v) is 9.92. The number of Topliss-reactive ketones (excluding diaryl/α,β-unsaturated/α-hetero) is 1. The minimum atomic E-state index is -3.40. The molecule has 5 nitrogen and oxygen atoms in total. The summed E-state index contributed by atoms with van der Waals surface area (Å²) < 4.78 is 27.0. The maximum atomic E-state index is 12.5. The second-order valence-electron chi connectivity index (χ2n) is 6.81. The lowest BCUT2D eigenvalue weighted by atomic mass is 10.0. The molecule has 0 radical (unpaired) electrons. The minimum Gasteiger partial charge on any atom is -0.293 e. The summed E-state index contributed by atoms with van der Waals surface area (Å²) in [4.78, 5) is 14.5. The van der Waals surface area contributed by atoms with Crippen LogP contribution in [0, 0.1) is 0 Å². The summed E-state index contributed by atoms with van der Waals surface area (Å²) in [5.41, 5.74) is 1.93. The highest BCUT2D eigenvalue weighted by atomic mass is 32.2. The van der Waals surface area contributed by atoms with Crippen LogP contribution in [0.2, 0.25) is 0 Å². The summed E-state index contributed by atoms with van der Waals surface area (Å²) in [6, 6.07) is 11.2. The van der Waals surface area contributed by atoms with Crippen molar-refractivity contribution in [1.82, 2.24) is 9.21 Å². The predicted molar refractivity (Wildman–Crippen MR) is 104 cm³/mol. The molecule has 1 aromatic heterocycles. The third-order valence-corrected chi connectivity index (χ3v) is 7.96. The molecule has 0 atom stereocenters. The Labute approximate surface area is 159 Å². The summed E-state index contributed by atoms with van der Waals surface area (Å²) in [5.74, 6) is 0.521. The van der Waals surface area contributed by atoms with Crippen LogP contribution in [-0.2, 0) is 10.0 Å². The van der Waals surface area contributed by atoms with Gasteiger partial charge in [0.1, 0.15) is 4.21 Å². The van der Waals surface area contributed by atoms with Crippen LogP contribution in [0.1, 0.15) is 35.7 Å². The van der Waals surface area contributed by atoms with Crippen molar-refractivity contribution < 1.29 is 13.2 Å². The quantitative estimate of drug-likeness (QED) is 0.709. The van der Waals surface area contributed by atoms with E-state index in [1.807, 2.05) is 29.2 Å². The zero-order valence-electron chi connectivity index (χ0n) is 15.1. The molecule has 1 fully saturated rings. The first-order chi connectivity index (χ1) is 12.4. The van der Waals surface area contributed by atoms with E-state index in [0.717, 1.165) is 0 Å². The lowest BCUT2D eigenvalue weighted by Crippen LogP contribution is -2.49. The van der Waals surface area contributed by atoms with E-state index in [4.69, 9.17) is 0 Å². The van der Waals surface area contributed by atoms with Crippen molar-refractivity contribution in [3.05, 3.63) is 52.9 Å². The zero-order valence-corrected chi connectivity index (χ0v) is 16.7. The Morgan fingerprint density at radius 1 is 1.08 bits per heavy atom. The molecular weight excluding hydrogens is 368 g/mol. The molecule has 26 heavy (non-hydrogen) atoms. The van der Waals surface area contributed by atoms with Gasteiger partial charge in [0.15, 0.2) is 5.78 Å². The van der Waals surface area contributed by atoms with E-state index in [1.54, 1.807) is 17.5 Å². The number of piperazine rings is 1. The molecule has 0 amide bonds. The Morgan fingerprint density at radius 3 is 2.27 bits per heavy atom. The van der Waals surface area contributed by atoms with Gasteiger partial charge in [0.05, 0.1) is 6.54 Å². The Hall–Kier alpha value is -1.54. The number of nitrogens with zero attached hydrogens (tertiary/aromatic N) is 2.